The van der Waals surface area contributed by atoms with Crippen molar-refractivity contribution in [3.05, 3.63) is 0 Å². The molecule has 116 valence electrons. The third-order valence-electron chi connectivity index (χ3n) is 4.96. The highest BCUT2D eigenvalue weighted by atomic mass is 28.4. The highest BCUT2D eigenvalue weighted by Crippen LogP contribution is 2.23. The Balaban J connectivity index is 4.31. The zero-order chi connectivity index (χ0) is 15.1. The molecule has 0 spiro atoms. The molecule has 4 heteroatoms. The second-order valence-electron chi connectivity index (χ2n) is 6.43. The minimum atomic E-state index is -1.46. The second-order valence-corrected chi connectivity index (χ2v) is 15.6. The van der Waals surface area contributed by atoms with Gasteiger partial charge in [0, 0.05) is 18.6 Å². The maximum absolute atomic E-state index is 6.40. The van der Waals surface area contributed by atoms with E-state index in [-0.39, 0.29) is 0 Å². The lowest BCUT2D eigenvalue weighted by atomic mass is 10.1. The van der Waals surface area contributed by atoms with Crippen molar-refractivity contribution >= 4 is 16.6 Å². The van der Waals surface area contributed by atoms with Crippen LogP contribution in [0.2, 0.25) is 37.3 Å². The van der Waals surface area contributed by atoms with Gasteiger partial charge >= 0.3 is 0 Å². The third kappa shape index (κ3) is 6.56. The summed E-state index contributed by atoms with van der Waals surface area (Å²) >= 11 is 0. The average molecular weight is 305 g/mol. The van der Waals surface area contributed by atoms with E-state index in [0.717, 1.165) is 6.61 Å². The van der Waals surface area contributed by atoms with Crippen LogP contribution >= 0.6 is 0 Å². The van der Waals surface area contributed by atoms with Crippen molar-refractivity contribution in [1.29, 1.82) is 0 Å². The van der Waals surface area contributed by atoms with Crippen LogP contribution in [-0.2, 0) is 8.85 Å². The zero-order valence-electron chi connectivity index (χ0n) is 14.5. The standard InChI is InChI=1S/C15H36O2Si2/c1-9-18(7,10-2)16-13-14(5)15(6)17-19(8,11-3)12-4/h14-15H,9-13H2,1-8H3/t14-,15+/m0/s1. The highest BCUT2D eigenvalue weighted by molar-refractivity contribution is 6.72. The van der Waals surface area contributed by atoms with Crippen LogP contribution in [0.3, 0.4) is 0 Å². The minimum Gasteiger partial charge on any atom is -0.417 e. The fraction of sp³-hybridized carbons (Fsp3) is 1.00. The molecule has 0 saturated heterocycles. The third-order valence-corrected chi connectivity index (χ3v) is 12.7. The molecular weight excluding hydrogens is 268 g/mol. The van der Waals surface area contributed by atoms with Crippen LogP contribution in [0.15, 0.2) is 0 Å². The van der Waals surface area contributed by atoms with Gasteiger partial charge < -0.3 is 8.85 Å². The summed E-state index contributed by atoms with van der Waals surface area (Å²) < 4.78 is 12.7. The highest BCUT2D eigenvalue weighted by Gasteiger charge is 2.30. The maximum atomic E-state index is 6.40. The van der Waals surface area contributed by atoms with Crippen molar-refractivity contribution in [1.82, 2.24) is 0 Å². The Kier molecular flexibility index (Phi) is 8.76. The molecule has 0 saturated carbocycles. The van der Waals surface area contributed by atoms with Crippen LogP contribution in [0.5, 0.6) is 0 Å². The van der Waals surface area contributed by atoms with Gasteiger partial charge in [-0.1, -0.05) is 34.6 Å². The first kappa shape index (κ1) is 19.4. The van der Waals surface area contributed by atoms with Gasteiger partial charge in [0.2, 0.25) is 0 Å². The first-order valence-electron chi connectivity index (χ1n) is 8.07. The van der Waals surface area contributed by atoms with Gasteiger partial charge in [-0.2, -0.15) is 0 Å². The molecular formula is C15H36O2Si2. The molecule has 0 aliphatic heterocycles. The molecule has 0 aromatic carbocycles. The quantitative estimate of drug-likeness (QED) is 0.512. The Labute approximate surface area is 123 Å². The summed E-state index contributed by atoms with van der Waals surface area (Å²) in [6.07, 6.45) is 0.323. The Morgan fingerprint density at radius 2 is 1.21 bits per heavy atom. The number of rotatable bonds is 10. The summed E-state index contributed by atoms with van der Waals surface area (Å²) in [5, 5.41) is 0. The van der Waals surface area contributed by atoms with E-state index in [0.29, 0.717) is 12.0 Å². The molecule has 19 heavy (non-hydrogen) atoms. The Hall–Kier alpha value is 0.354. The number of hydrogen-bond donors (Lipinski definition) is 0. The zero-order valence-corrected chi connectivity index (χ0v) is 16.5. The number of hydrogen-bond acceptors (Lipinski definition) is 2. The summed E-state index contributed by atoms with van der Waals surface area (Å²) in [5.74, 6) is 0.495. The SMILES string of the molecule is CC[Si](C)(CC)OC[C@H](C)[C@@H](C)O[Si](C)(CC)CC. The molecule has 0 N–H and O–H groups in total. The van der Waals surface area contributed by atoms with Crippen molar-refractivity contribution < 1.29 is 8.85 Å². The molecule has 0 aromatic heterocycles. The van der Waals surface area contributed by atoms with Crippen LogP contribution < -0.4 is 0 Å². The Morgan fingerprint density at radius 3 is 1.58 bits per heavy atom. The van der Waals surface area contributed by atoms with E-state index < -0.39 is 16.6 Å². The largest absolute Gasteiger partial charge is 0.417 e. The lowest BCUT2D eigenvalue weighted by molar-refractivity contribution is 0.107. The van der Waals surface area contributed by atoms with Gasteiger partial charge in [0.15, 0.2) is 16.6 Å². The van der Waals surface area contributed by atoms with Gasteiger partial charge in [0.1, 0.15) is 0 Å². The van der Waals surface area contributed by atoms with Gasteiger partial charge in [0.05, 0.1) is 0 Å². The van der Waals surface area contributed by atoms with Crippen molar-refractivity contribution in [3.8, 4) is 0 Å². The van der Waals surface area contributed by atoms with E-state index in [9.17, 15) is 0 Å². The summed E-state index contributed by atoms with van der Waals surface area (Å²) in [7, 11) is -2.88. The van der Waals surface area contributed by atoms with Crippen LogP contribution in [0, 0.1) is 5.92 Å². The van der Waals surface area contributed by atoms with E-state index >= 15 is 0 Å². The fourth-order valence-electron chi connectivity index (χ4n) is 1.90. The Bertz CT molecular complexity index is 238. The second kappa shape index (κ2) is 8.60. The molecule has 0 heterocycles. The molecule has 0 aliphatic rings. The van der Waals surface area contributed by atoms with Crippen LogP contribution in [0.25, 0.3) is 0 Å². The van der Waals surface area contributed by atoms with E-state index in [1.807, 2.05) is 0 Å². The van der Waals surface area contributed by atoms with Gasteiger partial charge in [-0.3, -0.25) is 0 Å². The topological polar surface area (TPSA) is 18.5 Å². The van der Waals surface area contributed by atoms with Crippen LogP contribution in [0.4, 0.5) is 0 Å². The summed E-state index contributed by atoms with van der Waals surface area (Å²) in [6.45, 7) is 19.1. The molecule has 0 unspecified atom stereocenters. The molecule has 0 bridgehead atoms. The summed E-state index contributed by atoms with van der Waals surface area (Å²) in [4.78, 5) is 0. The molecule has 2 nitrogen and oxygen atoms in total. The van der Waals surface area contributed by atoms with Gasteiger partial charge in [-0.15, -0.1) is 0 Å². The molecule has 0 fully saturated rings. The van der Waals surface area contributed by atoms with E-state index in [1.165, 1.54) is 24.2 Å². The van der Waals surface area contributed by atoms with E-state index in [4.69, 9.17) is 8.85 Å². The predicted molar refractivity (Wildman–Crippen MR) is 90.8 cm³/mol. The van der Waals surface area contributed by atoms with E-state index in [1.54, 1.807) is 0 Å². The first-order valence-corrected chi connectivity index (χ1v) is 13.7. The summed E-state index contributed by atoms with van der Waals surface area (Å²) in [6, 6.07) is 4.83. The van der Waals surface area contributed by atoms with Crippen molar-refractivity contribution in [2.75, 3.05) is 6.61 Å². The van der Waals surface area contributed by atoms with Crippen LogP contribution in [-0.4, -0.2) is 29.3 Å². The molecule has 0 amide bonds. The Morgan fingerprint density at radius 1 is 0.789 bits per heavy atom. The minimum absolute atomic E-state index is 0.323. The lowest BCUT2D eigenvalue weighted by Crippen LogP contribution is -2.41. The fourth-order valence-corrected chi connectivity index (χ4v) is 5.44. The molecule has 0 aromatic rings. The molecule has 0 rings (SSSR count). The summed E-state index contributed by atoms with van der Waals surface area (Å²) in [5.41, 5.74) is 0. The normalized spacial score (nSPS) is 16.4. The predicted octanol–water partition coefficient (Wildman–Crippen LogP) is 5.27. The van der Waals surface area contributed by atoms with Crippen LogP contribution in [0.1, 0.15) is 41.5 Å². The first-order chi connectivity index (χ1) is 8.75. The molecule has 2 atom stereocenters. The van der Waals surface area contributed by atoms with Gasteiger partial charge in [-0.05, 0) is 44.2 Å². The smallest absolute Gasteiger partial charge is 0.189 e. The average Bonchev–Trinajstić information content (AvgIpc) is 2.43. The molecule has 0 aliphatic carbocycles. The van der Waals surface area contributed by atoms with Gasteiger partial charge in [-0.25, -0.2) is 0 Å². The lowest BCUT2D eigenvalue weighted by Gasteiger charge is -2.34. The monoisotopic (exact) mass is 304 g/mol. The van der Waals surface area contributed by atoms with Gasteiger partial charge in [0.25, 0.3) is 0 Å². The maximum Gasteiger partial charge on any atom is 0.189 e. The van der Waals surface area contributed by atoms with Crippen molar-refractivity contribution in [2.24, 2.45) is 5.92 Å². The van der Waals surface area contributed by atoms with Crippen molar-refractivity contribution in [2.45, 2.75) is 84.9 Å². The van der Waals surface area contributed by atoms with Crippen molar-refractivity contribution in [3.63, 3.8) is 0 Å². The molecule has 0 radical (unpaired) electrons. The van der Waals surface area contributed by atoms with E-state index in [2.05, 4.69) is 54.6 Å².